The number of hydrogen-bond donors (Lipinski definition) is 2. The minimum absolute atomic E-state index is 0.00560. The largest absolute Gasteiger partial charge is 0.326 e. The lowest BCUT2D eigenvalue weighted by atomic mass is 9.73. The third-order valence-corrected chi connectivity index (χ3v) is 5.28. The molecule has 3 rings (SSSR count). The summed E-state index contributed by atoms with van der Waals surface area (Å²) in [5.41, 5.74) is 1.39. The summed E-state index contributed by atoms with van der Waals surface area (Å²) in [4.78, 5) is 12.7. The monoisotopic (exact) mass is 358 g/mol. The molecule has 0 radical (unpaired) electrons. The predicted molar refractivity (Wildman–Crippen MR) is 99.8 cm³/mol. The summed E-state index contributed by atoms with van der Waals surface area (Å²) >= 11 is 0. The zero-order valence-electron chi connectivity index (χ0n) is 15.1. The average Bonchev–Trinajstić information content (AvgIpc) is 2.62. The Morgan fingerprint density at radius 3 is 2.15 bits per heavy atom. The van der Waals surface area contributed by atoms with Crippen LogP contribution in [0, 0.1) is 23.0 Å². The number of nitrogens with one attached hydrogen (secondary N) is 2. The van der Waals surface area contributed by atoms with Gasteiger partial charge in [0, 0.05) is 17.2 Å². The van der Waals surface area contributed by atoms with Gasteiger partial charge in [-0.2, -0.15) is 0 Å². The molecule has 2 aromatic carbocycles. The molecule has 1 amide bonds. The van der Waals surface area contributed by atoms with Gasteiger partial charge in [-0.05, 0) is 67.2 Å². The first-order chi connectivity index (χ1) is 12.4. The van der Waals surface area contributed by atoms with Gasteiger partial charge in [-0.25, -0.2) is 8.78 Å². The molecule has 0 aliphatic carbocycles. The van der Waals surface area contributed by atoms with Gasteiger partial charge in [-0.15, -0.1) is 0 Å². The third-order valence-electron chi connectivity index (χ3n) is 5.28. The van der Waals surface area contributed by atoms with Crippen LogP contribution in [0.3, 0.4) is 0 Å². The highest BCUT2D eigenvalue weighted by Gasteiger charge is 2.37. The molecule has 0 atom stereocenters. The summed E-state index contributed by atoms with van der Waals surface area (Å²) in [6.45, 7) is 5.87. The van der Waals surface area contributed by atoms with E-state index in [1.54, 1.807) is 24.3 Å². The van der Waals surface area contributed by atoms with Crippen LogP contribution < -0.4 is 10.6 Å². The van der Waals surface area contributed by atoms with E-state index in [-0.39, 0.29) is 5.91 Å². The highest BCUT2D eigenvalue weighted by Crippen LogP contribution is 2.34. The number of piperidine rings is 1. The van der Waals surface area contributed by atoms with E-state index in [1.165, 1.54) is 12.1 Å². The Balaban J connectivity index is 1.71. The molecule has 1 saturated heterocycles. The van der Waals surface area contributed by atoms with E-state index >= 15 is 0 Å². The average molecular weight is 358 g/mol. The van der Waals surface area contributed by atoms with Crippen molar-refractivity contribution in [3.05, 3.63) is 54.1 Å². The molecule has 5 heteroatoms. The van der Waals surface area contributed by atoms with Gasteiger partial charge in [0.25, 0.3) is 0 Å². The van der Waals surface area contributed by atoms with Crippen molar-refractivity contribution in [2.24, 2.45) is 11.3 Å². The van der Waals surface area contributed by atoms with Crippen LogP contribution in [0.15, 0.2) is 42.5 Å². The minimum Gasteiger partial charge on any atom is -0.326 e. The molecule has 0 spiro atoms. The second-order valence-electron chi connectivity index (χ2n) is 7.44. The number of rotatable bonds is 4. The molecular formula is C21H24F2N2O. The Bertz CT molecular complexity index is 761. The third kappa shape index (κ3) is 4.10. The van der Waals surface area contributed by atoms with Crippen LogP contribution in [-0.4, -0.2) is 19.0 Å². The lowest BCUT2D eigenvalue weighted by Crippen LogP contribution is -2.42. The summed E-state index contributed by atoms with van der Waals surface area (Å²) in [5.74, 6) is -0.880. The zero-order valence-corrected chi connectivity index (χ0v) is 15.1. The van der Waals surface area contributed by atoms with Gasteiger partial charge in [-0.1, -0.05) is 26.0 Å². The second kappa shape index (κ2) is 7.54. The van der Waals surface area contributed by atoms with E-state index in [0.717, 1.165) is 32.0 Å². The molecule has 3 nitrogen and oxygen atoms in total. The van der Waals surface area contributed by atoms with Gasteiger partial charge in [0.1, 0.15) is 11.6 Å². The van der Waals surface area contributed by atoms with Crippen LogP contribution in [0.25, 0.3) is 11.1 Å². The van der Waals surface area contributed by atoms with Crippen molar-refractivity contribution in [1.29, 1.82) is 0 Å². The van der Waals surface area contributed by atoms with Crippen LogP contribution in [0.5, 0.6) is 0 Å². The molecule has 1 aliphatic heterocycles. The Labute approximate surface area is 152 Å². The van der Waals surface area contributed by atoms with E-state index in [1.807, 2.05) is 13.8 Å². The Hall–Kier alpha value is -2.27. The summed E-state index contributed by atoms with van der Waals surface area (Å²) in [7, 11) is 0. The van der Waals surface area contributed by atoms with Gasteiger partial charge in [0.05, 0.1) is 0 Å². The van der Waals surface area contributed by atoms with Crippen LogP contribution in [-0.2, 0) is 4.79 Å². The molecule has 0 saturated carbocycles. The molecule has 1 aliphatic rings. The van der Waals surface area contributed by atoms with Crippen molar-refractivity contribution >= 4 is 11.6 Å². The van der Waals surface area contributed by atoms with Gasteiger partial charge >= 0.3 is 0 Å². The number of benzene rings is 2. The molecule has 2 aromatic rings. The zero-order chi connectivity index (χ0) is 18.7. The number of hydrogen-bond acceptors (Lipinski definition) is 2. The van der Waals surface area contributed by atoms with E-state index < -0.39 is 17.0 Å². The fourth-order valence-corrected chi connectivity index (χ4v) is 3.49. The second-order valence-corrected chi connectivity index (χ2v) is 7.44. The predicted octanol–water partition coefficient (Wildman–Crippen LogP) is 4.60. The molecular weight excluding hydrogens is 334 g/mol. The summed E-state index contributed by atoms with van der Waals surface area (Å²) in [5, 5.41) is 6.29. The maximum Gasteiger partial charge on any atom is 0.230 e. The number of carbonyl (C=O) groups excluding carboxylic acids is 1. The van der Waals surface area contributed by atoms with Crippen LogP contribution in [0.1, 0.15) is 26.7 Å². The van der Waals surface area contributed by atoms with Crippen LogP contribution >= 0.6 is 0 Å². The Kier molecular flexibility index (Phi) is 5.37. The Morgan fingerprint density at radius 2 is 1.58 bits per heavy atom. The van der Waals surface area contributed by atoms with Gasteiger partial charge < -0.3 is 10.6 Å². The molecule has 1 heterocycles. The van der Waals surface area contributed by atoms with E-state index in [2.05, 4.69) is 10.6 Å². The van der Waals surface area contributed by atoms with Gasteiger partial charge in [-0.3, -0.25) is 4.79 Å². The molecule has 26 heavy (non-hydrogen) atoms. The first kappa shape index (κ1) is 18.5. The maximum absolute atomic E-state index is 13.4. The van der Waals surface area contributed by atoms with Crippen molar-refractivity contribution < 1.29 is 13.6 Å². The van der Waals surface area contributed by atoms with Crippen molar-refractivity contribution in [3.8, 4) is 11.1 Å². The highest BCUT2D eigenvalue weighted by atomic mass is 19.1. The standard InChI is InChI=1S/C21H24F2N2O/c1-21(2,16-7-9-24-10-8-16)20(26)25-19-5-3-14(4-6-19)15-11-17(22)13-18(23)12-15/h3-6,11-13,16,24H,7-10H2,1-2H3,(H,25,26). The number of halogens is 2. The number of carbonyl (C=O) groups is 1. The molecule has 2 N–H and O–H groups in total. The summed E-state index contributed by atoms with van der Waals surface area (Å²) in [6.07, 6.45) is 1.98. The van der Waals surface area contributed by atoms with E-state index in [4.69, 9.17) is 0 Å². The van der Waals surface area contributed by atoms with Crippen molar-refractivity contribution in [3.63, 3.8) is 0 Å². The minimum atomic E-state index is -0.610. The number of amides is 1. The van der Waals surface area contributed by atoms with Crippen molar-refractivity contribution in [1.82, 2.24) is 5.32 Å². The number of anilines is 1. The van der Waals surface area contributed by atoms with Crippen LogP contribution in [0.4, 0.5) is 14.5 Å². The van der Waals surface area contributed by atoms with Crippen molar-refractivity contribution in [2.45, 2.75) is 26.7 Å². The molecule has 0 unspecified atom stereocenters. The normalized spacial score (nSPS) is 15.7. The lowest BCUT2D eigenvalue weighted by molar-refractivity contribution is -0.127. The fourth-order valence-electron chi connectivity index (χ4n) is 3.49. The quantitative estimate of drug-likeness (QED) is 0.839. The van der Waals surface area contributed by atoms with Gasteiger partial charge in [0.15, 0.2) is 0 Å². The first-order valence-electron chi connectivity index (χ1n) is 8.95. The molecule has 138 valence electrons. The van der Waals surface area contributed by atoms with Crippen molar-refractivity contribution in [2.75, 3.05) is 18.4 Å². The molecule has 1 fully saturated rings. The SMILES string of the molecule is CC(C)(C(=O)Nc1ccc(-c2cc(F)cc(F)c2)cc1)C1CCNCC1. The van der Waals surface area contributed by atoms with Crippen LogP contribution in [0.2, 0.25) is 0 Å². The smallest absolute Gasteiger partial charge is 0.230 e. The molecule has 0 bridgehead atoms. The van der Waals surface area contributed by atoms with E-state index in [9.17, 15) is 13.6 Å². The molecule has 0 aromatic heterocycles. The Morgan fingerprint density at radius 1 is 1.00 bits per heavy atom. The highest BCUT2D eigenvalue weighted by molar-refractivity contribution is 5.95. The maximum atomic E-state index is 13.4. The van der Waals surface area contributed by atoms with E-state index in [0.29, 0.717) is 22.7 Å². The van der Waals surface area contributed by atoms with Gasteiger partial charge in [0.2, 0.25) is 5.91 Å². The fraction of sp³-hybridized carbons (Fsp3) is 0.381. The topological polar surface area (TPSA) is 41.1 Å². The first-order valence-corrected chi connectivity index (χ1v) is 8.95. The lowest BCUT2D eigenvalue weighted by Gasteiger charge is -2.36. The summed E-state index contributed by atoms with van der Waals surface area (Å²) in [6, 6.07) is 10.4. The summed E-state index contributed by atoms with van der Waals surface area (Å²) < 4.78 is 26.7.